The summed E-state index contributed by atoms with van der Waals surface area (Å²) in [5.74, 6) is 1.45. The summed E-state index contributed by atoms with van der Waals surface area (Å²) in [5, 5.41) is 13.7. The van der Waals surface area contributed by atoms with Gasteiger partial charge in [0.2, 0.25) is 5.95 Å². The summed E-state index contributed by atoms with van der Waals surface area (Å²) in [6, 6.07) is 4.65. The molecule has 2 aromatic rings. The number of alkyl halides is 1. The van der Waals surface area contributed by atoms with Gasteiger partial charge in [-0.3, -0.25) is 9.80 Å². The molecule has 3 aliphatic heterocycles. The average Bonchev–Trinajstić information content (AvgIpc) is 3.16. The molecule has 0 aliphatic carbocycles. The first kappa shape index (κ1) is 21.5. The number of aromatic nitrogens is 3. The first-order valence-electron chi connectivity index (χ1n) is 11.2. The zero-order chi connectivity index (χ0) is 22.3. The van der Waals surface area contributed by atoms with E-state index in [4.69, 9.17) is 4.98 Å². The molecule has 2 atom stereocenters. The van der Waals surface area contributed by atoms with Gasteiger partial charge in [0, 0.05) is 57.1 Å². The number of rotatable bonds is 5. The number of aryl methyl sites for hydroxylation is 2. The van der Waals surface area contributed by atoms with Crippen LogP contribution in [0.2, 0.25) is 0 Å². The number of hydrogen-bond donors (Lipinski definition) is 1. The van der Waals surface area contributed by atoms with Crippen LogP contribution in [0.5, 0.6) is 0 Å². The number of nitrogens with one attached hydrogen (secondary N) is 1. The molecule has 32 heavy (non-hydrogen) atoms. The summed E-state index contributed by atoms with van der Waals surface area (Å²) < 4.78 is 18.3. The third-order valence-electron chi connectivity index (χ3n) is 7.02. The molecule has 1 N–H and O–H groups in total. The largest absolute Gasteiger partial charge is 0.352 e. The summed E-state index contributed by atoms with van der Waals surface area (Å²) in [5.41, 5.74) is 1.79. The molecule has 5 heterocycles. The highest BCUT2D eigenvalue weighted by Crippen LogP contribution is 2.38. The lowest BCUT2D eigenvalue weighted by Crippen LogP contribution is -2.74. The second kappa shape index (κ2) is 8.54. The van der Waals surface area contributed by atoms with Crippen molar-refractivity contribution >= 4 is 28.3 Å². The van der Waals surface area contributed by atoms with E-state index < -0.39 is 6.17 Å². The molecule has 3 saturated heterocycles. The van der Waals surface area contributed by atoms with Crippen LogP contribution in [-0.4, -0.2) is 81.2 Å². The van der Waals surface area contributed by atoms with Crippen LogP contribution in [0, 0.1) is 25.2 Å². The molecule has 3 fully saturated rings. The number of nitrogens with zero attached hydrogens (tertiary/aromatic N) is 7. The van der Waals surface area contributed by atoms with E-state index in [1.54, 1.807) is 0 Å². The molecular formula is C22H29FN8S. The third-order valence-corrected chi connectivity index (χ3v) is 7.81. The number of hydrogen-bond acceptors (Lipinski definition) is 9. The molecule has 2 aromatic heterocycles. The minimum Gasteiger partial charge on any atom is -0.352 e. The molecule has 0 spiro atoms. The fraction of sp³-hybridized carbons (Fsp3) is 0.636. The highest BCUT2D eigenvalue weighted by atomic mass is 32.1. The molecular weight excluding hydrogens is 427 g/mol. The van der Waals surface area contributed by atoms with E-state index in [2.05, 4.69) is 35.4 Å². The number of nitriles is 1. The SMILES string of the molecule is Cc1cc(Nc2ncc(C)c(N3CC(CC#N)(N4CCN5CC[C@H](F)C[C@H]5C4)C3)n2)sn1. The summed E-state index contributed by atoms with van der Waals surface area (Å²) in [6.07, 6.45) is 2.88. The predicted molar refractivity (Wildman–Crippen MR) is 123 cm³/mol. The van der Waals surface area contributed by atoms with Crippen molar-refractivity contribution in [3.05, 3.63) is 23.5 Å². The van der Waals surface area contributed by atoms with Gasteiger partial charge in [-0.15, -0.1) is 0 Å². The van der Waals surface area contributed by atoms with Gasteiger partial charge in [0.15, 0.2) is 0 Å². The maximum absolute atomic E-state index is 14.0. The maximum Gasteiger partial charge on any atom is 0.229 e. The zero-order valence-corrected chi connectivity index (χ0v) is 19.4. The van der Waals surface area contributed by atoms with Crippen LogP contribution in [-0.2, 0) is 0 Å². The molecule has 0 radical (unpaired) electrons. The fourth-order valence-corrected chi connectivity index (χ4v) is 5.95. The van der Waals surface area contributed by atoms with Crippen LogP contribution in [0.1, 0.15) is 30.5 Å². The Labute approximate surface area is 192 Å². The first-order chi connectivity index (χ1) is 15.5. The normalized spacial score (nSPS) is 25.6. The Balaban J connectivity index is 1.30. The average molecular weight is 457 g/mol. The number of anilines is 3. The van der Waals surface area contributed by atoms with Crippen LogP contribution < -0.4 is 10.2 Å². The van der Waals surface area contributed by atoms with Crippen molar-refractivity contribution in [1.82, 2.24) is 24.1 Å². The van der Waals surface area contributed by atoms with Gasteiger partial charge >= 0.3 is 0 Å². The van der Waals surface area contributed by atoms with Crippen molar-refractivity contribution in [2.24, 2.45) is 0 Å². The lowest BCUT2D eigenvalue weighted by molar-refractivity contribution is -0.0372. The summed E-state index contributed by atoms with van der Waals surface area (Å²) >= 11 is 1.39. The van der Waals surface area contributed by atoms with Crippen LogP contribution in [0.15, 0.2) is 12.3 Å². The highest BCUT2D eigenvalue weighted by molar-refractivity contribution is 7.10. The lowest BCUT2D eigenvalue weighted by atomic mass is 9.82. The standard InChI is InChI=1S/C22H29FN8S/c1-15-11-25-21(26-19-9-16(2)28-32-19)27-20(15)30-13-22(14-30,4-5-24)31-8-7-29-6-3-17(23)10-18(29)12-31/h9,11,17-18H,3-4,6-8,10,12-14H2,1-2H3,(H,25,26,27)/t17-,18-/m0/s1. The molecule has 5 rings (SSSR count). The van der Waals surface area contributed by atoms with E-state index in [1.807, 2.05) is 26.1 Å². The maximum atomic E-state index is 14.0. The van der Waals surface area contributed by atoms with Crippen molar-refractivity contribution in [2.75, 3.05) is 49.5 Å². The lowest BCUT2D eigenvalue weighted by Gasteiger charge is -2.59. The van der Waals surface area contributed by atoms with Crippen LogP contribution in [0.4, 0.5) is 21.2 Å². The number of fused-ring (bicyclic) bond motifs is 1. The molecule has 3 aliphatic rings. The van der Waals surface area contributed by atoms with E-state index in [0.29, 0.717) is 25.2 Å². The third kappa shape index (κ3) is 4.05. The molecule has 10 heteroatoms. The molecule has 0 aromatic carbocycles. The second-order valence-corrected chi connectivity index (χ2v) is 10.1. The van der Waals surface area contributed by atoms with Crippen molar-refractivity contribution in [2.45, 2.75) is 50.9 Å². The van der Waals surface area contributed by atoms with Gasteiger partial charge < -0.3 is 10.2 Å². The molecule has 0 bridgehead atoms. The van der Waals surface area contributed by atoms with Gasteiger partial charge in [0.05, 0.1) is 23.7 Å². The minimum absolute atomic E-state index is 0.191. The number of piperazine rings is 1. The van der Waals surface area contributed by atoms with Gasteiger partial charge in [-0.1, -0.05) is 0 Å². The van der Waals surface area contributed by atoms with Crippen molar-refractivity contribution in [1.29, 1.82) is 5.26 Å². The monoisotopic (exact) mass is 456 g/mol. The van der Waals surface area contributed by atoms with Crippen molar-refractivity contribution < 1.29 is 4.39 Å². The summed E-state index contributed by atoms with van der Waals surface area (Å²) in [7, 11) is 0. The highest BCUT2D eigenvalue weighted by Gasteiger charge is 2.50. The summed E-state index contributed by atoms with van der Waals surface area (Å²) in [6.45, 7) is 9.07. The number of piperidine rings is 1. The van der Waals surface area contributed by atoms with Crippen molar-refractivity contribution in [3.8, 4) is 6.07 Å². The van der Waals surface area contributed by atoms with E-state index in [1.165, 1.54) is 11.5 Å². The quantitative estimate of drug-likeness (QED) is 0.735. The molecule has 8 nitrogen and oxygen atoms in total. The Morgan fingerprint density at radius 2 is 2.16 bits per heavy atom. The Bertz CT molecular complexity index is 1010. The zero-order valence-electron chi connectivity index (χ0n) is 18.6. The van der Waals surface area contributed by atoms with E-state index in [-0.39, 0.29) is 11.6 Å². The van der Waals surface area contributed by atoms with Gasteiger partial charge in [0.25, 0.3) is 0 Å². The van der Waals surface area contributed by atoms with E-state index in [9.17, 15) is 9.65 Å². The fourth-order valence-electron chi connectivity index (χ4n) is 5.29. The first-order valence-corrected chi connectivity index (χ1v) is 12.0. The second-order valence-electron chi connectivity index (χ2n) is 9.33. The Morgan fingerprint density at radius 1 is 1.31 bits per heavy atom. The van der Waals surface area contributed by atoms with Gasteiger partial charge in [-0.05, 0) is 44.3 Å². The molecule has 0 unspecified atom stereocenters. The predicted octanol–water partition coefficient (Wildman–Crippen LogP) is 2.88. The van der Waals surface area contributed by atoms with E-state index >= 15 is 0 Å². The topological polar surface area (TPSA) is 84.2 Å². The molecule has 170 valence electrons. The molecule has 0 saturated carbocycles. The summed E-state index contributed by atoms with van der Waals surface area (Å²) in [4.78, 5) is 16.3. The van der Waals surface area contributed by atoms with Crippen LogP contribution >= 0.6 is 11.5 Å². The van der Waals surface area contributed by atoms with Crippen LogP contribution in [0.25, 0.3) is 0 Å². The van der Waals surface area contributed by atoms with Gasteiger partial charge in [-0.2, -0.15) is 14.6 Å². The Kier molecular flexibility index (Phi) is 5.73. The Morgan fingerprint density at radius 3 is 2.91 bits per heavy atom. The van der Waals surface area contributed by atoms with E-state index in [0.717, 1.165) is 61.3 Å². The minimum atomic E-state index is -0.696. The van der Waals surface area contributed by atoms with Crippen molar-refractivity contribution in [3.63, 3.8) is 0 Å². The number of halogens is 1. The van der Waals surface area contributed by atoms with Gasteiger partial charge in [0.1, 0.15) is 17.0 Å². The Hall–Kier alpha value is -2.35. The van der Waals surface area contributed by atoms with Crippen LogP contribution in [0.3, 0.4) is 0 Å². The van der Waals surface area contributed by atoms with Gasteiger partial charge in [-0.25, -0.2) is 9.37 Å². The molecule has 0 amide bonds. The smallest absolute Gasteiger partial charge is 0.229 e.